The molecule has 1 aromatic heterocycles. The summed E-state index contributed by atoms with van der Waals surface area (Å²) >= 11 is 0. The van der Waals surface area contributed by atoms with Gasteiger partial charge in [-0.25, -0.2) is 4.79 Å². The molecule has 0 unspecified atom stereocenters. The fourth-order valence-electron chi connectivity index (χ4n) is 3.01. The van der Waals surface area contributed by atoms with E-state index in [0.717, 1.165) is 42.3 Å². The van der Waals surface area contributed by atoms with Crippen LogP contribution in [0.1, 0.15) is 31.7 Å². The van der Waals surface area contributed by atoms with Crippen LogP contribution in [-0.4, -0.2) is 29.8 Å². The van der Waals surface area contributed by atoms with E-state index in [-0.39, 0.29) is 18.2 Å². The molecule has 2 aromatic rings. The normalized spacial score (nSPS) is 18.7. The maximum absolute atomic E-state index is 12.1. The number of nitrogens with one attached hydrogen (secondary N) is 2. The minimum atomic E-state index is -0.140. The van der Waals surface area contributed by atoms with Gasteiger partial charge in [0.05, 0.1) is 17.7 Å². The van der Waals surface area contributed by atoms with E-state index in [1.165, 1.54) is 0 Å². The Kier molecular flexibility index (Phi) is 5.08. The van der Waals surface area contributed by atoms with Crippen LogP contribution in [0.5, 0.6) is 0 Å². The van der Waals surface area contributed by atoms with Crippen LogP contribution in [0.15, 0.2) is 36.5 Å². The predicted molar refractivity (Wildman–Crippen MR) is 90.2 cm³/mol. The average Bonchev–Trinajstić information content (AvgIpc) is 3.12. The lowest BCUT2D eigenvalue weighted by Gasteiger charge is -2.23. The summed E-state index contributed by atoms with van der Waals surface area (Å²) in [5, 5.41) is 7.04. The van der Waals surface area contributed by atoms with Crippen LogP contribution >= 0.6 is 0 Å². The van der Waals surface area contributed by atoms with Gasteiger partial charge >= 0.3 is 6.03 Å². The lowest BCUT2D eigenvalue weighted by Crippen LogP contribution is -2.47. The molecule has 0 radical (unpaired) electrons. The lowest BCUT2D eigenvalue weighted by molar-refractivity contribution is 0.0796. The monoisotopic (exact) mass is 313 g/mol. The molecule has 1 aliphatic rings. The number of nitrogens with zero attached hydrogens (tertiary/aromatic N) is 1. The van der Waals surface area contributed by atoms with Crippen molar-refractivity contribution in [3.05, 3.63) is 42.1 Å². The molecule has 0 saturated carbocycles. The Morgan fingerprint density at radius 3 is 3.13 bits per heavy atom. The Bertz CT molecular complexity index is 668. The number of rotatable bonds is 5. The average molecular weight is 313 g/mol. The summed E-state index contributed by atoms with van der Waals surface area (Å²) in [6.07, 6.45) is 4.91. The van der Waals surface area contributed by atoms with Crippen molar-refractivity contribution in [1.82, 2.24) is 15.6 Å². The lowest BCUT2D eigenvalue weighted by atomic mass is 10.1. The number of hydrogen-bond acceptors (Lipinski definition) is 3. The molecule has 0 aliphatic carbocycles. The third-order valence-electron chi connectivity index (χ3n) is 4.29. The highest BCUT2D eigenvalue weighted by Crippen LogP contribution is 2.17. The van der Waals surface area contributed by atoms with Crippen LogP contribution in [0, 0.1) is 0 Å². The number of aromatic nitrogens is 1. The van der Waals surface area contributed by atoms with E-state index in [0.29, 0.717) is 6.54 Å². The van der Waals surface area contributed by atoms with Crippen LogP contribution in [0.3, 0.4) is 0 Å². The van der Waals surface area contributed by atoms with Crippen molar-refractivity contribution >= 4 is 16.9 Å². The van der Waals surface area contributed by atoms with E-state index < -0.39 is 0 Å². The van der Waals surface area contributed by atoms with Gasteiger partial charge in [-0.3, -0.25) is 4.98 Å². The molecule has 1 aromatic carbocycles. The number of carbonyl (C=O) groups is 1. The zero-order valence-electron chi connectivity index (χ0n) is 13.4. The summed E-state index contributed by atoms with van der Waals surface area (Å²) in [5.74, 6) is 0. The van der Waals surface area contributed by atoms with E-state index in [1.54, 1.807) is 6.20 Å². The van der Waals surface area contributed by atoms with E-state index in [1.807, 2.05) is 24.3 Å². The molecular weight excluding hydrogens is 290 g/mol. The SMILES string of the molecule is CC[C@H](NC(=O)NCc1ccc2ncccc2c1)[C@H]1CCCO1. The molecule has 23 heavy (non-hydrogen) atoms. The first-order valence-electron chi connectivity index (χ1n) is 8.26. The number of pyridine rings is 1. The largest absolute Gasteiger partial charge is 0.376 e. The third-order valence-corrected chi connectivity index (χ3v) is 4.29. The number of fused-ring (bicyclic) bond motifs is 1. The fraction of sp³-hybridized carbons (Fsp3) is 0.444. The van der Waals surface area contributed by atoms with Gasteiger partial charge in [-0.05, 0) is 43.0 Å². The molecule has 122 valence electrons. The molecule has 1 aliphatic heterocycles. The molecule has 1 fully saturated rings. The van der Waals surface area contributed by atoms with Crippen LogP contribution in [0.4, 0.5) is 4.79 Å². The molecule has 0 spiro atoms. The zero-order chi connectivity index (χ0) is 16.1. The van der Waals surface area contributed by atoms with E-state index >= 15 is 0 Å². The molecule has 5 heteroatoms. The third kappa shape index (κ3) is 3.99. The molecule has 2 N–H and O–H groups in total. The molecular formula is C18H23N3O2. The Morgan fingerprint density at radius 2 is 2.35 bits per heavy atom. The van der Waals surface area contributed by atoms with Crippen LogP contribution in [-0.2, 0) is 11.3 Å². The van der Waals surface area contributed by atoms with Gasteiger partial charge in [-0.15, -0.1) is 0 Å². The van der Waals surface area contributed by atoms with E-state index in [4.69, 9.17) is 4.74 Å². The quantitative estimate of drug-likeness (QED) is 0.892. The van der Waals surface area contributed by atoms with Crippen molar-refractivity contribution in [1.29, 1.82) is 0 Å². The highest BCUT2D eigenvalue weighted by Gasteiger charge is 2.25. The minimum Gasteiger partial charge on any atom is -0.376 e. The number of amides is 2. The Morgan fingerprint density at radius 1 is 1.43 bits per heavy atom. The highest BCUT2D eigenvalue weighted by atomic mass is 16.5. The summed E-state index contributed by atoms with van der Waals surface area (Å²) in [6, 6.07) is 9.91. The van der Waals surface area contributed by atoms with Gasteiger partial charge < -0.3 is 15.4 Å². The van der Waals surface area contributed by atoms with Crippen molar-refractivity contribution in [3.63, 3.8) is 0 Å². The summed E-state index contributed by atoms with van der Waals surface area (Å²) < 4.78 is 5.67. The van der Waals surface area contributed by atoms with Crippen molar-refractivity contribution in [2.45, 2.75) is 44.9 Å². The van der Waals surface area contributed by atoms with Gasteiger partial charge in [-0.1, -0.05) is 19.1 Å². The van der Waals surface area contributed by atoms with Crippen molar-refractivity contribution in [2.75, 3.05) is 6.61 Å². The number of benzene rings is 1. The van der Waals surface area contributed by atoms with Gasteiger partial charge in [0.25, 0.3) is 0 Å². The number of carbonyl (C=O) groups excluding carboxylic acids is 1. The second-order valence-corrected chi connectivity index (χ2v) is 5.92. The second kappa shape index (κ2) is 7.42. The number of hydrogen-bond donors (Lipinski definition) is 2. The van der Waals surface area contributed by atoms with Crippen molar-refractivity contribution < 1.29 is 9.53 Å². The predicted octanol–water partition coefficient (Wildman–Crippen LogP) is 2.99. The standard InChI is InChI=1S/C18H23N3O2/c1-2-15(17-6-4-10-23-17)21-18(22)20-12-13-7-8-16-14(11-13)5-3-9-19-16/h3,5,7-9,11,15,17H,2,4,6,10,12H2,1H3,(H2,20,21,22)/t15-,17+/m0/s1. The molecule has 3 rings (SSSR count). The van der Waals surface area contributed by atoms with Crippen molar-refractivity contribution in [2.24, 2.45) is 0 Å². The maximum Gasteiger partial charge on any atom is 0.315 e. The summed E-state index contributed by atoms with van der Waals surface area (Å²) in [7, 11) is 0. The van der Waals surface area contributed by atoms with Crippen LogP contribution in [0.25, 0.3) is 10.9 Å². The second-order valence-electron chi connectivity index (χ2n) is 5.92. The fourth-order valence-corrected chi connectivity index (χ4v) is 3.01. The zero-order valence-corrected chi connectivity index (χ0v) is 13.4. The highest BCUT2D eigenvalue weighted by molar-refractivity contribution is 5.79. The molecule has 5 nitrogen and oxygen atoms in total. The van der Waals surface area contributed by atoms with Crippen molar-refractivity contribution in [3.8, 4) is 0 Å². The molecule has 1 saturated heterocycles. The summed E-state index contributed by atoms with van der Waals surface area (Å²) in [4.78, 5) is 16.4. The Balaban J connectivity index is 1.54. The number of urea groups is 1. The smallest absolute Gasteiger partial charge is 0.315 e. The van der Waals surface area contributed by atoms with Gasteiger partial charge in [0.15, 0.2) is 0 Å². The minimum absolute atomic E-state index is 0.0818. The van der Waals surface area contributed by atoms with Gasteiger partial charge in [-0.2, -0.15) is 0 Å². The van der Waals surface area contributed by atoms with Crippen LogP contribution in [0.2, 0.25) is 0 Å². The van der Waals surface area contributed by atoms with E-state index in [2.05, 4.69) is 28.6 Å². The first-order chi connectivity index (χ1) is 11.3. The first-order valence-corrected chi connectivity index (χ1v) is 8.26. The van der Waals surface area contributed by atoms with E-state index in [9.17, 15) is 4.79 Å². The molecule has 2 atom stereocenters. The maximum atomic E-state index is 12.1. The van der Waals surface area contributed by atoms with Gasteiger partial charge in [0.1, 0.15) is 0 Å². The first kappa shape index (κ1) is 15.7. The van der Waals surface area contributed by atoms with Gasteiger partial charge in [0.2, 0.25) is 0 Å². The molecule has 2 amide bonds. The Hall–Kier alpha value is -2.14. The Labute approximate surface area is 136 Å². The summed E-state index contributed by atoms with van der Waals surface area (Å²) in [6.45, 7) is 3.37. The van der Waals surface area contributed by atoms with Crippen LogP contribution < -0.4 is 10.6 Å². The van der Waals surface area contributed by atoms with Gasteiger partial charge in [0, 0.05) is 24.7 Å². The topological polar surface area (TPSA) is 63.2 Å². The summed E-state index contributed by atoms with van der Waals surface area (Å²) in [5.41, 5.74) is 2.02. The molecule has 2 heterocycles. The number of ether oxygens (including phenoxy) is 1. The molecule has 0 bridgehead atoms.